The van der Waals surface area contributed by atoms with Crippen LogP contribution in [0.5, 0.6) is 0 Å². The Bertz CT molecular complexity index is 269. The summed E-state index contributed by atoms with van der Waals surface area (Å²) in [6.07, 6.45) is 4.61. The molecule has 98 valence electrons. The van der Waals surface area contributed by atoms with Gasteiger partial charge in [0, 0.05) is 6.42 Å². The molecule has 0 saturated heterocycles. The fourth-order valence-electron chi connectivity index (χ4n) is 1.18. The minimum atomic E-state index is -0.398. The summed E-state index contributed by atoms with van der Waals surface area (Å²) in [6, 6.07) is 0. The van der Waals surface area contributed by atoms with E-state index in [2.05, 4.69) is 0 Å². The maximum atomic E-state index is 11.5. The lowest BCUT2D eigenvalue weighted by Crippen LogP contribution is -2.15. The Morgan fingerprint density at radius 3 is 2.29 bits per heavy atom. The van der Waals surface area contributed by atoms with Crippen LogP contribution < -0.4 is 0 Å². The van der Waals surface area contributed by atoms with Gasteiger partial charge in [0.2, 0.25) is 0 Å². The van der Waals surface area contributed by atoms with Crippen LogP contribution in [0.1, 0.15) is 46.5 Å². The van der Waals surface area contributed by atoms with Gasteiger partial charge in [0.25, 0.3) is 0 Å². The van der Waals surface area contributed by atoms with Gasteiger partial charge in [0.05, 0.1) is 12.2 Å². The summed E-state index contributed by atoms with van der Waals surface area (Å²) in [5, 5.41) is 0. The summed E-state index contributed by atoms with van der Waals surface area (Å²) in [4.78, 5) is 22.7. The number of esters is 2. The molecule has 4 heteroatoms. The summed E-state index contributed by atoms with van der Waals surface area (Å²) in [5.74, 6) is -0.676. The normalized spacial score (nSPS) is 11.1. The van der Waals surface area contributed by atoms with Gasteiger partial charge in [0.15, 0.2) is 0 Å². The third-order valence-electron chi connectivity index (χ3n) is 2.06. The van der Waals surface area contributed by atoms with Gasteiger partial charge in [0.1, 0.15) is 6.61 Å². The van der Waals surface area contributed by atoms with Crippen LogP contribution in [0, 0.1) is 0 Å². The molecule has 0 amide bonds. The van der Waals surface area contributed by atoms with Crippen LogP contribution in [-0.4, -0.2) is 25.2 Å². The minimum Gasteiger partial charge on any atom is -0.463 e. The lowest BCUT2D eigenvalue weighted by molar-refractivity contribution is -0.144. The molecule has 0 heterocycles. The first-order chi connectivity index (χ1) is 8.15. The molecule has 0 aliphatic rings. The highest BCUT2D eigenvalue weighted by Gasteiger charge is 2.12. The van der Waals surface area contributed by atoms with E-state index in [4.69, 9.17) is 9.47 Å². The summed E-state index contributed by atoms with van der Waals surface area (Å²) >= 11 is 0. The number of carbonyl (C=O) groups excluding carboxylic acids is 2. The van der Waals surface area contributed by atoms with Crippen LogP contribution in [0.25, 0.3) is 0 Å². The van der Waals surface area contributed by atoms with Crippen molar-refractivity contribution in [3.63, 3.8) is 0 Å². The van der Waals surface area contributed by atoms with Crippen LogP contribution in [0.4, 0.5) is 0 Å². The third-order valence-corrected chi connectivity index (χ3v) is 2.06. The Kier molecular flexibility index (Phi) is 9.11. The number of hydrogen-bond acceptors (Lipinski definition) is 4. The topological polar surface area (TPSA) is 52.6 Å². The first-order valence-electron chi connectivity index (χ1n) is 6.17. The molecule has 0 aromatic rings. The number of rotatable bonds is 8. The summed E-state index contributed by atoms with van der Waals surface area (Å²) in [6.45, 7) is 6.00. The molecule has 0 fully saturated rings. The molecular formula is C13H22O4. The quantitative estimate of drug-likeness (QED) is 0.485. The molecule has 0 aliphatic heterocycles. The second-order valence-electron chi connectivity index (χ2n) is 3.65. The Labute approximate surface area is 103 Å². The van der Waals surface area contributed by atoms with Crippen molar-refractivity contribution in [2.24, 2.45) is 0 Å². The SMILES string of the molecule is CCCC=C(COC(=O)CCC)C(=O)OCC. The van der Waals surface area contributed by atoms with Crippen molar-refractivity contribution in [2.75, 3.05) is 13.2 Å². The fourth-order valence-corrected chi connectivity index (χ4v) is 1.18. The van der Waals surface area contributed by atoms with Gasteiger partial charge in [-0.2, -0.15) is 0 Å². The highest BCUT2D eigenvalue weighted by atomic mass is 16.5. The molecule has 0 N–H and O–H groups in total. The van der Waals surface area contributed by atoms with Gasteiger partial charge < -0.3 is 9.47 Å². The van der Waals surface area contributed by atoms with Gasteiger partial charge in [-0.15, -0.1) is 0 Å². The van der Waals surface area contributed by atoms with E-state index in [9.17, 15) is 9.59 Å². The average molecular weight is 242 g/mol. The van der Waals surface area contributed by atoms with E-state index in [1.807, 2.05) is 13.8 Å². The Balaban J connectivity index is 4.29. The van der Waals surface area contributed by atoms with E-state index >= 15 is 0 Å². The monoisotopic (exact) mass is 242 g/mol. The van der Waals surface area contributed by atoms with Gasteiger partial charge >= 0.3 is 11.9 Å². The summed E-state index contributed by atoms with van der Waals surface area (Å²) in [5.41, 5.74) is 0.429. The maximum absolute atomic E-state index is 11.5. The number of allylic oxidation sites excluding steroid dienone is 1. The molecule has 17 heavy (non-hydrogen) atoms. The molecule has 0 aliphatic carbocycles. The van der Waals surface area contributed by atoms with Gasteiger partial charge in [-0.1, -0.05) is 26.3 Å². The van der Waals surface area contributed by atoms with Crippen LogP contribution in [0.15, 0.2) is 11.6 Å². The molecule has 0 spiro atoms. The standard InChI is InChI=1S/C13H22O4/c1-4-7-9-11(13(15)16-6-3)10-17-12(14)8-5-2/h9H,4-8,10H2,1-3H3. The molecule has 0 rings (SSSR count). The second kappa shape index (κ2) is 9.87. The predicted octanol–water partition coefficient (Wildman–Crippen LogP) is 2.62. The third kappa shape index (κ3) is 7.55. The summed E-state index contributed by atoms with van der Waals surface area (Å²) < 4.78 is 9.90. The van der Waals surface area contributed by atoms with Crippen molar-refractivity contribution in [3.05, 3.63) is 11.6 Å². The van der Waals surface area contributed by atoms with Crippen molar-refractivity contribution >= 4 is 11.9 Å². The second-order valence-corrected chi connectivity index (χ2v) is 3.65. The zero-order chi connectivity index (χ0) is 13.1. The van der Waals surface area contributed by atoms with Crippen LogP contribution in [0.3, 0.4) is 0 Å². The zero-order valence-corrected chi connectivity index (χ0v) is 11.0. The van der Waals surface area contributed by atoms with Crippen molar-refractivity contribution in [1.82, 2.24) is 0 Å². The van der Waals surface area contributed by atoms with E-state index in [0.29, 0.717) is 18.6 Å². The van der Waals surface area contributed by atoms with Crippen molar-refractivity contribution in [2.45, 2.75) is 46.5 Å². The van der Waals surface area contributed by atoms with Crippen molar-refractivity contribution in [3.8, 4) is 0 Å². The minimum absolute atomic E-state index is 0.0116. The molecule has 0 aromatic carbocycles. The van der Waals surface area contributed by atoms with Crippen LogP contribution >= 0.6 is 0 Å². The smallest absolute Gasteiger partial charge is 0.337 e. The average Bonchev–Trinajstić information content (AvgIpc) is 2.29. The molecular weight excluding hydrogens is 220 g/mol. The Hall–Kier alpha value is -1.32. The molecule has 0 atom stereocenters. The largest absolute Gasteiger partial charge is 0.463 e. The first kappa shape index (κ1) is 15.7. The fraction of sp³-hybridized carbons (Fsp3) is 0.692. The van der Waals surface area contributed by atoms with Gasteiger partial charge in [-0.05, 0) is 19.8 Å². The Morgan fingerprint density at radius 1 is 1.06 bits per heavy atom. The predicted molar refractivity (Wildman–Crippen MR) is 65.5 cm³/mol. The van der Waals surface area contributed by atoms with Gasteiger partial charge in [-0.3, -0.25) is 4.79 Å². The van der Waals surface area contributed by atoms with Crippen molar-refractivity contribution in [1.29, 1.82) is 0 Å². The highest BCUT2D eigenvalue weighted by Crippen LogP contribution is 2.04. The lowest BCUT2D eigenvalue weighted by atomic mass is 10.2. The van der Waals surface area contributed by atoms with E-state index in [1.54, 1.807) is 13.0 Å². The van der Waals surface area contributed by atoms with Crippen LogP contribution in [0.2, 0.25) is 0 Å². The van der Waals surface area contributed by atoms with E-state index in [1.165, 1.54) is 0 Å². The molecule has 4 nitrogen and oxygen atoms in total. The lowest BCUT2D eigenvalue weighted by Gasteiger charge is -2.08. The zero-order valence-electron chi connectivity index (χ0n) is 11.0. The number of hydrogen-bond donors (Lipinski definition) is 0. The van der Waals surface area contributed by atoms with Crippen LogP contribution in [-0.2, 0) is 19.1 Å². The maximum Gasteiger partial charge on any atom is 0.337 e. The molecule has 0 bridgehead atoms. The highest BCUT2D eigenvalue weighted by molar-refractivity contribution is 5.89. The summed E-state index contributed by atoms with van der Waals surface area (Å²) in [7, 11) is 0. The Morgan fingerprint density at radius 2 is 1.76 bits per heavy atom. The molecule has 0 aromatic heterocycles. The number of carbonyl (C=O) groups is 2. The van der Waals surface area contributed by atoms with E-state index in [0.717, 1.165) is 19.3 Å². The number of ether oxygens (including phenoxy) is 2. The van der Waals surface area contributed by atoms with Crippen molar-refractivity contribution < 1.29 is 19.1 Å². The first-order valence-corrected chi connectivity index (χ1v) is 6.17. The van der Waals surface area contributed by atoms with Gasteiger partial charge in [-0.25, -0.2) is 4.79 Å². The number of unbranched alkanes of at least 4 members (excludes halogenated alkanes) is 1. The van der Waals surface area contributed by atoms with E-state index < -0.39 is 5.97 Å². The molecule has 0 unspecified atom stereocenters. The molecule has 0 radical (unpaired) electrons. The van der Waals surface area contributed by atoms with E-state index in [-0.39, 0.29) is 12.6 Å². The molecule has 0 saturated carbocycles.